The second kappa shape index (κ2) is 4.73. The fourth-order valence-corrected chi connectivity index (χ4v) is 3.16. The highest BCUT2D eigenvalue weighted by Crippen LogP contribution is 2.28. The molecule has 2 aliphatic rings. The summed E-state index contributed by atoms with van der Waals surface area (Å²) in [6.07, 6.45) is 4.34. The number of hydrogen-bond donors (Lipinski definition) is 1. The quantitative estimate of drug-likeness (QED) is 0.822. The number of rotatable bonds is 1. The van der Waals surface area contributed by atoms with E-state index in [1.54, 1.807) is 0 Å². The fraction of sp³-hybridized carbons (Fsp3) is 0.533. The molecule has 0 atom stereocenters. The number of benzene rings is 1. The minimum absolute atomic E-state index is 0.159. The van der Waals surface area contributed by atoms with Crippen LogP contribution in [-0.4, -0.2) is 34.6 Å². The van der Waals surface area contributed by atoms with Crippen LogP contribution in [0.1, 0.15) is 41.6 Å². The SMILES string of the molecule is O=C1c2ccccc2CCN1C1CCC(O)CC1. The van der Waals surface area contributed by atoms with E-state index in [0.717, 1.165) is 44.2 Å². The van der Waals surface area contributed by atoms with Gasteiger partial charge in [0.15, 0.2) is 0 Å². The Morgan fingerprint density at radius 3 is 2.61 bits per heavy atom. The van der Waals surface area contributed by atoms with E-state index in [4.69, 9.17) is 0 Å². The normalized spacial score (nSPS) is 28.1. The van der Waals surface area contributed by atoms with Crippen LogP contribution >= 0.6 is 0 Å². The monoisotopic (exact) mass is 245 g/mol. The van der Waals surface area contributed by atoms with Gasteiger partial charge < -0.3 is 10.0 Å². The standard InChI is InChI=1S/C15H19NO2/c17-13-7-5-12(6-8-13)16-10-9-11-3-1-2-4-14(11)15(16)18/h1-4,12-13,17H,5-10H2. The zero-order valence-corrected chi connectivity index (χ0v) is 10.5. The molecule has 0 spiro atoms. The summed E-state index contributed by atoms with van der Waals surface area (Å²) >= 11 is 0. The first-order valence-electron chi connectivity index (χ1n) is 6.82. The first-order valence-corrected chi connectivity index (χ1v) is 6.82. The average Bonchev–Trinajstić information content (AvgIpc) is 2.41. The van der Waals surface area contributed by atoms with Gasteiger partial charge in [-0.1, -0.05) is 18.2 Å². The largest absolute Gasteiger partial charge is 0.393 e. The zero-order chi connectivity index (χ0) is 12.5. The van der Waals surface area contributed by atoms with Crippen molar-refractivity contribution >= 4 is 5.91 Å². The van der Waals surface area contributed by atoms with Gasteiger partial charge in [0.2, 0.25) is 0 Å². The Labute approximate surface area is 107 Å². The molecule has 0 aromatic heterocycles. The maximum absolute atomic E-state index is 12.5. The minimum atomic E-state index is -0.159. The molecule has 0 bridgehead atoms. The van der Waals surface area contributed by atoms with Crippen LogP contribution in [0.5, 0.6) is 0 Å². The first-order chi connectivity index (χ1) is 8.75. The van der Waals surface area contributed by atoms with Crippen molar-refractivity contribution in [1.29, 1.82) is 0 Å². The molecule has 3 rings (SSSR count). The third kappa shape index (κ3) is 2.03. The van der Waals surface area contributed by atoms with Crippen LogP contribution in [0.2, 0.25) is 0 Å². The van der Waals surface area contributed by atoms with Gasteiger partial charge in [0, 0.05) is 18.2 Å². The van der Waals surface area contributed by atoms with Crippen molar-refractivity contribution < 1.29 is 9.90 Å². The number of nitrogens with zero attached hydrogens (tertiary/aromatic N) is 1. The van der Waals surface area contributed by atoms with Crippen molar-refractivity contribution in [2.45, 2.75) is 44.2 Å². The van der Waals surface area contributed by atoms with Crippen LogP contribution in [0.15, 0.2) is 24.3 Å². The Hall–Kier alpha value is -1.35. The molecule has 1 aliphatic carbocycles. The number of amides is 1. The summed E-state index contributed by atoms with van der Waals surface area (Å²) < 4.78 is 0. The van der Waals surface area contributed by atoms with Gasteiger partial charge in [-0.25, -0.2) is 0 Å². The molecular formula is C15H19NO2. The summed E-state index contributed by atoms with van der Waals surface area (Å²) in [4.78, 5) is 14.5. The molecule has 1 aromatic rings. The van der Waals surface area contributed by atoms with E-state index in [1.165, 1.54) is 5.56 Å². The van der Waals surface area contributed by atoms with Crippen LogP contribution in [0.25, 0.3) is 0 Å². The third-order valence-corrected chi connectivity index (χ3v) is 4.24. The Kier molecular flexibility index (Phi) is 3.08. The lowest BCUT2D eigenvalue weighted by Crippen LogP contribution is -2.46. The summed E-state index contributed by atoms with van der Waals surface area (Å²) in [6, 6.07) is 8.24. The highest BCUT2D eigenvalue weighted by Gasteiger charge is 2.31. The van der Waals surface area contributed by atoms with Crippen molar-refractivity contribution in [2.75, 3.05) is 6.54 Å². The number of carbonyl (C=O) groups is 1. The van der Waals surface area contributed by atoms with E-state index in [0.29, 0.717) is 6.04 Å². The van der Waals surface area contributed by atoms with Crippen LogP contribution in [-0.2, 0) is 6.42 Å². The first kappa shape index (κ1) is 11.7. The average molecular weight is 245 g/mol. The van der Waals surface area contributed by atoms with Crippen molar-refractivity contribution in [3.63, 3.8) is 0 Å². The number of fused-ring (bicyclic) bond motifs is 1. The second-order valence-electron chi connectivity index (χ2n) is 5.37. The molecule has 3 heteroatoms. The molecule has 1 fully saturated rings. The second-order valence-corrected chi connectivity index (χ2v) is 5.37. The van der Waals surface area contributed by atoms with E-state index >= 15 is 0 Å². The lowest BCUT2D eigenvalue weighted by atomic mass is 9.89. The smallest absolute Gasteiger partial charge is 0.254 e. The molecule has 0 unspecified atom stereocenters. The van der Waals surface area contributed by atoms with Crippen LogP contribution in [0.3, 0.4) is 0 Å². The highest BCUT2D eigenvalue weighted by atomic mass is 16.3. The van der Waals surface area contributed by atoms with Gasteiger partial charge in [-0.3, -0.25) is 4.79 Å². The van der Waals surface area contributed by atoms with Gasteiger partial charge in [-0.2, -0.15) is 0 Å². The van der Waals surface area contributed by atoms with Crippen LogP contribution < -0.4 is 0 Å². The molecule has 1 aromatic carbocycles. The Bertz CT molecular complexity index is 450. The molecule has 96 valence electrons. The summed E-state index contributed by atoms with van der Waals surface area (Å²) in [5.41, 5.74) is 2.05. The van der Waals surface area contributed by atoms with Crippen molar-refractivity contribution in [3.8, 4) is 0 Å². The number of aliphatic hydroxyl groups excluding tert-OH is 1. The lowest BCUT2D eigenvalue weighted by Gasteiger charge is -2.38. The zero-order valence-electron chi connectivity index (χ0n) is 10.5. The molecule has 1 amide bonds. The summed E-state index contributed by atoms with van der Waals surface area (Å²) in [5.74, 6) is 0.179. The molecule has 0 saturated heterocycles. The van der Waals surface area contributed by atoms with Crippen LogP contribution in [0.4, 0.5) is 0 Å². The van der Waals surface area contributed by atoms with Gasteiger partial charge >= 0.3 is 0 Å². The molecular weight excluding hydrogens is 226 g/mol. The molecule has 1 N–H and O–H groups in total. The number of hydrogen-bond acceptors (Lipinski definition) is 2. The molecule has 1 saturated carbocycles. The summed E-state index contributed by atoms with van der Waals surface area (Å²) in [6.45, 7) is 0.830. The molecule has 1 aliphatic heterocycles. The van der Waals surface area contributed by atoms with Gasteiger partial charge in [0.05, 0.1) is 6.10 Å². The molecule has 0 radical (unpaired) electrons. The topological polar surface area (TPSA) is 40.5 Å². The molecule has 18 heavy (non-hydrogen) atoms. The van der Waals surface area contributed by atoms with Crippen molar-refractivity contribution in [2.24, 2.45) is 0 Å². The fourth-order valence-electron chi connectivity index (χ4n) is 3.16. The van der Waals surface area contributed by atoms with Gasteiger partial charge in [-0.15, -0.1) is 0 Å². The Morgan fingerprint density at radius 1 is 1.11 bits per heavy atom. The highest BCUT2D eigenvalue weighted by molar-refractivity contribution is 5.96. The Balaban J connectivity index is 1.78. The maximum atomic E-state index is 12.5. The third-order valence-electron chi connectivity index (χ3n) is 4.24. The minimum Gasteiger partial charge on any atom is -0.393 e. The van der Waals surface area contributed by atoms with E-state index < -0.39 is 0 Å². The van der Waals surface area contributed by atoms with Crippen molar-refractivity contribution in [3.05, 3.63) is 35.4 Å². The Morgan fingerprint density at radius 2 is 1.83 bits per heavy atom. The summed E-state index contributed by atoms with van der Waals surface area (Å²) in [5, 5.41) is 9.55. The van der Waals surface area contributed by atoms with E-state index in [9.17, 15) is 9.90 Å². The maximum Gasteiger partial charge on any atom is 0.254 e. The number of aliphatic hydroxyl groups is 1. The van der Waals surface area contributed by atoms with Gasteiger partial charge in [-0.05, 0) is 43.7 Å². The van der Waals surface area contributed by atoms with E-state index in [2.05, 4.69) is 6.07 Å². The van der Waals surface area contributed by atoms with Crippen molar-refractivity contribution in [1.82, 2.24) is 4.90 Å². The number of carbonyl (C=O) groups excluding carboxylic acids is 1. The molecule has 3 nitrogen and oxygen atoms in total. The lowest BCUT2D eigenvalue weighted by molar-refractivity contribution is 0.0480. The van der Waals surface area contributed by atoms with Gasteiger partial charge in [0.25, 0.3) is 5.91 Å². The predicted molar refractivity (Wildman–Crippen MR) is 69.4 cm³/mol. The molecule has 1 heterocycles. The summed E-state index contributed by atoms with van der Waals surface area (Å²) in [7, 11) is 0. The predicted octanol–water partition coefficient (Wildman–Crippen LogP) is 1.99. The van der Waals surface area contributed by atoms with E-state index in [1.807, 2.05) is 23.1 Å². The van der Waals surface area contributed by atoms with Crippen LogP contribution in [0, 0.1) is 0 Å². The van der Waals surface area contributed by atoms with E-state index in [-0.39, 0.29) is 12.0 Å². The van der Waals surface area contributed by atoms with Gasteiger partial charge in [0.1, 0.15) is 0 Å².